The molecule has 6 heteroatoms. The zero-order chi connectivity index (χ0) is 43.5. The van der Waals surface area contributed by atoms with Crippen LogP contribution in [0.4, 0.5) is 0 Å². The number of piperidine rings is 3. The maximum atomic E-state index is 6.49. The highest BCUT2D eigenvalue weighted by atomic mass is 16.5. The third kappa shape index (κ3) is 14.6. The summed E-state index contributed by atoms with van der Waals surface area (Å²) in [4.78, 5) is 7.12. The third-order valence-electron chi connectivity index (χ3n) is 12.6. The van der Waals surface area contributed by atoms with E-state index in [0.29, 0.717) is 18.3 Å². The summed E-state index contributed by atoms with van der Waals surface area (Å²) >= 11 is 0. The highest BCUT2D eigenvalue weighted by molar-refractivity contribution is 5.32. The Kier molecular flexibility index (Phi) is 18.1. The topological polar surface area (TPSA) is 37.4 Å². The monoisotopic (exact) mass is 844 g/mol. The van der Waals surface area contributed by atoms with E-state index in [1.54, 1.807) is 0 Å². The Bertz CT molecular complexity index is 1720. The largest absolute Gasteiger partial charge is 0.365 e. The smallest absolute Gasteiger partial charge is 0.108 e. The molecular weight excluding hydrogens is 775 g/mol. The van der Waals surface area contributed by atoms with Crippen molar-refractivity contribution in [1.82, 2.24) is 14.7 Å². The minimum absolute atomic E-state index is 0.0424. The lowest BCUT2D eigenvalue weighted by Gasteiger charge is -2.32. The fraction of sp³-hybridized carbons (Fsp3) is 0.368. The van der Waals surface area contributed by atoms with Crippen LogP contribution < -0.4 is 0 Å². The normalized spacial score (nSPS) is 17.2. The maximum absolute atomic E-state index is 6.49. The fourth-order valence-corrected chi connectivity index (χ4v) is 8.76. The first-order valence-electron chi connectivity index (χ1n) is 23.3. The van der Waals surface area contributed by atoms with E-state index in [1.165, 1.54) is 33.4 Å². The highest BCUT2D eigenvalue weighted by Crippen LogP contribution is 2.32. The SMILES string of the molecule is CN1CCC(OC(c2ccccc2)c2ccccc2)CC1.CN1CCC(OC(c2ccccc2)c2ccccc2)CC1.CN1CCC(OC(c2ccccc2)c2ccccc2)CC1. The molecule has 0 amide bonds. The van der Waals surface area contributed by atoms with Gasteiger partial charge in [0.1, 0.15) is 18.3 Å². The van der Waals surface area contributed by atoms with Crippen molar-refractivity contribution < 1.29 is 14.2 Å². The molecule has 0 unspecified atom stereocenters. The molecule has 0 radical (unpaired) electrons. The van der Waals surface area contributed by atoms with E-state index in [2.05, 4.69) is 218 Å². The molecule has 0 saturated carbocycles. The molecule has 0 N–H and O–H groups in total. The zero-order valence-electron chi connectivity index (χ0n) is 37.8. The van der Waals surface area contributed by atoms with Crippen molar-refractivity contribution >= 4 is 0 Å². The minimum atomic E-state index is 0.0424. The van der Waals surface area contributed by atoms with Gasteiger partial charge in [-0.2, -0.15) is 0 Å². The lowest BCUT2D eigenvalue weighted by atomic mass is 10.00. The van der Waals surface area contributed by atoms with Crippen molar-refractivity contribution in [2.45, 2.75) is 75.1 Å². The van der Waals surface area contributed by atoms with Crippen LogP contribution in [0.2, 0.25) is 0 Å². The fourth-order valence-electron chi connectivity index (χ4n) is 8.76. The van der Waals surface area contributed by atoms with Crippen LogP contribution in [0.15, 0.2) is 182 Å². The van der Waals surface area contributed by atoms with E-state index < -0.39 is 0 Å². The average Bonchev–Trinajstić information content (AvgIpc) is 3.35. The maximum Gasteiger partial charge on any atom is 0.108 e. The van der Waals surface area contributed by atoms with Gasteiger partial charge >= 0.3 is 0 Å². The second-order valence-electron chi connectivity index (χ2n) is 17.5. The Hall–Kier alpha value is -4.92. The standard InChI is InChI=1S/3C19H23NO/c3*1-20-14-12-18(13-15-20)21-19(16-8-4-2-5-9-16)17-10-6-3-7-11-17/h3*2-11,18-19H,12-15H2,1H3. The van der Waals surface area contributed by atoms with Crippen LogP contribution in [0, 0.1) is 0 Å². The van der Waals surface area contributed by atoms with Crippen molar-refractivity contribution in [3.63, 3.8) is 0 Å². The van der Waals surface area contributed by atoms with Gasteiger partial charge in [0.25, 0.3) is 0 Å². The van der Waals surface area contributed by atoms with Crippen LogP contribution in [-0.2, 0) is 14.2 Å². The first-order valence-corrected chi connectivity index (χ1v) is 23.3. The van der Waals surface area contributed by atoms with Gasteiger partial charge in [0, 0.05) is 39.3 Å². The Morgan fingerprint density at radius 1 is 0.286 bits per heavy atom. The van der Waals surface area contributed by atoms with Gasteiger partial charge in [0.05, 0.1) is 18.3 Å². The summed E-state index contributed by atoms with van der Waals surface area (Å²) in [5.41, 5.74) is 7.43. The molecule has 0 bridgehead atoms. The molecule has 3 heterocycles. The summed E-state index contributed by atoms with van der Waals surface area (Å²) < 4.78 is 19.5. The number of rotatable bonds is 12. The lowest BCUT2D eigenvalue weighted by molar-refractivity contribution is -0.0235. The van der Waals surface area contributed by atoms with Gasteiger partial charge in [-0.15, -0.1) is 0 Å². The second kappa shape index (κ2) is 24.8. The predicted molar refractivity (Wildman–Crippen MR) is 259 cm³/mol. The Labute approximate surface area is 378 Å². The molecule has 3 aliphatic heterocycles. The number of likely N-dealkylation sites (tertiary alicyclic amines) is 3. The summed E-state index contributed by atoms with van der Waals surface area (Å²) in [6, 6.07) is 63.3. The summed E-state index contributed by atoms with van der Waals surface area (Å²) in [7, 11) is 6.55. The molecule has 63 heavy (non-hydrogen) atoms. The van der Waals surface area contributed by atoms with Gasteiger partial charge in [0.2, 0.25) is 0 Å². The van der Waals surface area contributed by atoms with Gasteiger partial charge in [-0.1, -0.05) is 182 Å². The molecule has 3 saturated heterocycles. The molecule has 0 aromatic heterocycles. The van der Waals surface area contributed by atoms with Crippen molar-refractivity contribution in [3.05, 3.63) is 215 Å². The molecule has 6 nitrogen and oxygen atoms in total. The number of benzene rings is 6. The van der Waals surface area contributed by atoms with Crippen LogP contribution in [0.5, 0.6) is 0 Å². The first kappa shape index (κ1) is 46.1. The number of ether oxygens (including phenoxy) is 3. The van der Waals surface area contributed by atoms with Gasteiger partial charge < -0.3 is 28.9 Å². The van der Waals surface area contributed by atoms with Crippen LogP contribution in [-0.4, -0.2) is 93.4 Å². The van der Waals surface area contributed by atoms with Crippen LogP contribution >= 0.6 is 0 Å². The summed E-state index contributed by atoms with van der Waals surface area (Å²) in [5, 5.41) is 0. The van der Waals surface area contributed by atoms with Crippen LogP contribution in [0.3, 0.4) is 0 Å². The van der Waals surface area contributed by atoms with E-state index in [-0.39, 0.29) is 18.3 Å². The van der Waals surface area contributed by atoms with Gasteiger partial charge in [-0.05, 0) is 93.0 Å². The Morgan fingerprint density at radius 2 is 0.444 bits per heavy atom. The minimum Gasteiger partial charge on any atom is -0.365 e. The molecule has 0 aliphatic carbocycles. The molecule has 0 atom stereocenters. The van der Waals surface area contributed by atoms with E-state index >= 15 is 0 Å². The molecule has 9 rings (SSSR count). The van der Waals surface area contributed by atoms with Gasteiger partial charge in [-0.25, -0.2) is 0 Å². The number of nitrogens with zero attached hydrogens (tertiary/aromatic N) is 3. The first-order chi connectivity index (χ1) is 31.0. The number of hydrogen-bond acceptors (Lipinski definition) is 6. The molecule has 3 aliphatic rings. The summed E-state index contributed by atoms with van der Waals surface area (Å²) in [6.07, 6.45) is 7.89. The average molecular weight is 844 g/mol. The van der Waals surface area contributed by atoms with Gasteiger partial charge in [-0.3, -0.25) is 0 Å². The lowest BCUT2D eigenvalue weighted by Crippen LogP contribution is -2.35. The summed E-state index contributed by atoms with van der Waals surface area (Å²) in [5.74, 6) is 0. The molecule has 330 valence electrons. The second-order valence-corrected chi connectivity index (χ2v) is 17.5. The van der Waals surface area contributed by atoms with E-state index in [9.17, 15) is 0 Å². The zero-order valence-corrected chi connectivity index (χ0v) is 37.8. The van der Waals surface area contributed by atoms with E-state index in [4.69, 9.17) is 14.2 Å². The van der Waals surface area contributed by atoms with Crippen molar-refractivity contribution in [1.29, 1.82) is 0 Å². The molecule has 3 fully saturated rings. The number of hydrogen-bond donors (Lipinski definition) is 0. The van der Waals surface area contributed by atoms with Crippen molar-refractivity contribution in [2.24, 2.45) is 0 Å². The van der Waals surface area contributed by atoms with Gasteiger partial charge in [0.15, 0.2) is 0 Å². The van der Waals surface area contributed by atoms with Crippen LogP contribution in [0.25, 0.3) is 0 Å². The molecule has 6 aromatic carbocycles. The predicted octanol–water partition coefficient (Wildman–Crippen LogP) is 11.7. The van der Waals surface area contributed by atoms with Crippen LogP contribution in [0.1, 0.15) is 90.2 Å². The Balaban J connectivity index is 0.000000142. The van der Waals surface area contributed by atoms with E-state index in [1.807, 2.05) is 0 Å². The Morgan fingerprint density at radius 3 is 0.603 bits per heavy atom. The van der Waals surface area contributed by atoms with Crippen molar-refractivity contribution in [2.75, 3.05) is 60.4 Å². The molecule has 6 aromatic rings. The van der Waals surface area contributed by atoms with E-state index in [0.717, 1.165) is 77.8 Å². The molecule has 0 spiro atoms. The quantitative estimate of drug-likeness (QED) is 0.122. The molecular formula is C57H69N3O3. The third-order valence-corrected chi connectivity index (χ3v) is 12.6. The van der Waals surface area contributed by atoms with Crippen molar-refractivity contribution in [3.8, 4) is 0 Å². The highest BCUT2D eigenvalue weighted by Gasteiger charge is 2.26. The summed E-state index contributed by atoms with van der Waals surface area (Å²) in [6.45, 7) is 6.76.